The number of aromatic nitrogens is 2. The van der Waals surface area contributed by atoms with E-state index in [9.17, 15) is 9.59 Å². The summed E-state index contributed by atoms with van der Waals surface area (Å²) in [6.45, 7) is -0.0105. The number of nitrogens with zero attached hydrogens (tertiary/aromatic N) is 1. The monoisotopic (exact) mass is 366 g/mol. The molecule has 0 spiro atoms. The van der Waals surface area contributed by atoms with Gasteiger partial charge in [-0.2, -0.15) is 0 Å². The van der Waals surface area contributed by atoms with E-state index in [4.69, 9.17) is 31.5 Å². The molecule has 1 aromatic heterocycles. The van der Waals surface area contributed by atoms with E-state index in [0.29, 0.717) is 22.8 Å². The van der Waals surface area contributed by atoms with Crippen LogP contribution in [0.25, 0.3) is 11.3 Å². The van der Waals surface area contributed by atoms with Gasteiger partial charge in [0.15, 0.2) is 4.77 Å². The molecule has 0 unspecified atom stereocenters. The minimum absolute atomic E-state index is 0.123. The van der Waals surface area contributed by atoms with E-state index in [-0.39, 0.29) is 23.5 Å². The Morgan fingerprint density at radius 2 is 2.04 bits per heavy atom. The first-order valence-electron chi connectivity index (χ1n) is 7.32. The van der Waals surface area contributed by atoms with Crippen molar-refractivity contribution in [2.75, 3.05) is 27.4 Å². The summed E-state index contributed by atoms with van der Waals surface area (Å²) in [4.78, 5) is 24.9. The number of aliphatic carboxylic acids is 1. The van der Waals surface area contributed by atoms with Gasteiger partial charge in [-0.05, 0) is 24.4 Å². The predicted octanol–water partition coefficient (Wildman–Crippen LogP) is 1.69. The normalized spacial score (nSPS) is 10.5. The van der Waals surface area contributed by atoms with Crippen LogP contribution < -0.4 is 15.0 Å². The Balaban J connectivity index is 2.44. The van der Waals surface area contributed by atoms with Crippen molar-refractivity contribution in [1.29, 1.82) is 0 Å². The van der Waals surface area contributed by atoms with Crippen LogP contribution in [0.3, 0.4) is 0 Å². The van der Waals surface area contributed by atoms with Crippen molar-refractivity contribution >= 4 is 18.2 Å². The van der Waals surface area contributed by atoms with Gasteiger partial charge in [0.05, 0.1) is 26.5 Å². The minimum Gasteiger partial charge on any atom is -0.497 e. The zero-order chi connectivity index (χ0) is 18.4. The van der Waals surface area contributed by atoms with Crippen molar-refractivity contribution in [2.45, 2.75) is 6.54 Å². The maximum absolute atomic E-state index is 11.9. The van der Waals surface area contributed by atoms with E-state index in [1.54, 1.807) is 29.9 Å². The molecule has 9 heteroatoms. The molecule has 2 rings (SSSR count). The van der Waals surface area contributed by atoms with Crippen molar-refractivity contribution in [3.63, 3.8) is 0 Å². The van der Waals surface area contributed by atoms with Crippen LogP contribution in [0.5, 0.6) is 11.5 Å². The van der Waals surface area contributed by atoms with Crippen LogP contribution in [0.4, 0.5) is 0 Å². The van der Waals surface area contributed by atoms with Crippen molar-refractivity contribution in [3.05, 3.63) is 39.4 Å². The van der Waals surface area contributed by atoms with Crippen LogP contribution in [0.15, 0.2) is 29.1 Å². The smallest absolute Gasteiger partial charge is 0.329 e. The van der Waals surface area contributed by atoms with Crippen molar-refractivity contribution in [1.82, 2.24) is 9.55 Å². The predicted molar refractivity (Wildman–Crippen MR) is 92.9 cm³/mol. The molecule has 134 valence electrons. The maximum Gasteiger partial charge on any atom is 0.329 e. The second kappa shape index (κ2) is 8.45. The molecule has 25 heavy (non-hydrogen) atoms. The van der Waals surface area contributed by atoms with Gasteiger partial charge in [0.25, 0.3) is 5.56 Å². The highest BCUT2D eigenvalue weighted by atomic mass is 32.1. The molecule has 1 heterocycles. The van der Waals surface area contributed by atoms with Gasteiger partial charge in [0.1, 0.15) is 18.1 Å². The third-order valence-electron chi connectivity index (χ3n) is 3.40. The number of hydrogen-bond acceptors (Lipinski definition) is 6. The van der Waals surface area contributed by atoms with Crippen LogP contribution in [-0.2, 0) is 16.1 Å². The Morgan fingerprint density at radius 3 is 2.68 bits per heavy atom. The standard InChI is InChI=1S/C16H18N2O6S/c1-22-10-3-4-11(13(7-10)23-2)12-8-14(19)17-16(25)18(12)5-6-24-9-15(20)21/h3-4,7-8H,5-6,9H2,1-2H3,(H,20,21)(H,17,19,25). The molecule has 0 amide bonds. The molecule has 1 aromatic carbocycles. The molecule has 2 N–H and O–H groups in total. The average molecular weight is 366 g/mol. The molecule has 0 aliphatic carbocycles. The first kappa shape index (κ1) is 18.7. The van der Waals surface area contributed by atoms with Gasteiger partial charge in [-0.1, -0.05) is 0 Å². The van der Waals surface area contributed by atoms with Gasteiger partial charge in [0, 0.05) is 24.2 Å². The largest absolute Gasteiger partial charge is 0.497 e. The molecule has 0 saturated heterocycles. The Hall–Kier alpha value is -2.65. The minimum atomic E-state index is -1.05. The molecule has 0 aliphatic rings. The molecule has 2 aromatic rings. The fourth-order valence-corrected chi connectivity index (χ4v) is 2.58. The van der Waals surface area contributed by atoms with E-state index in [0.717, 1.165) is 0 Å². The molecular weight excluding hydrogens is 348 g/mol. The third kappa shape index (κ3) is 4.68. The lowest BCUT2D eigenvalue weighted by atomic mass is 10.1. The summed E-state index contributed by atoms with van der Waals surface area (Å²) in [5.41, 5.74) is 0.839. The van der Waals surface area contributed by atoms with Crippen LogP contribution in [0, 0.1) is 4.77 Å². The first-order valence-corrected chi connectivity index (χ1v) is 7.73. The van der Waals surface area contributed by atoms with Crippen molar-refractivity contribution in [2.24, 2.45) is 0 Å². The van der Waals surface area contributed by atoms with E-state index in [1.807, 2.05) is 0 Å². The Labute approximate surface area is 148 Å². The molecule has 0 bridgehead atoms. The number of carboxylic acids is 1. The number of rotatable bonds is 8. The van der Waals surface area contributed by atoms with Crippen molar-refractivity contribution < 1.29 is 24.1 Å². The number of carboxylic acid groups (broad SMARTS) is 1. The zero-order valence-corrected chi connectivity index (χ0v) is 14.6. The van der Waals surface area contributed by atoms with Crippen LogP contribution in [0.1, 0.15) is 0 Å². The molecule has 8 nitrogen and oxygen atoms in total. The van der Waals surface area contributed by atoms with E-state index < -0.39 is 12.6 Å². The molecule has 0 radical (unpaired) electrons. The van der Waals surface area contributed by atoms with Gasteiger partial charge in [-0.15, -0.1) is 0 Å². The summed E-state index contributed by atoms with van der Waals surface area (Å²) in [5, 5.41) is 8.62. The molecule has 0 saturated carbocycles. The summed E-state index contributed by atoms with van der Waals surface area (Å²) in [6, 6.07) is 6.60. The Kier molecular flexibility index (Phi) is 6.31. The molecule has 0 fully saturated rings. The lowest BCUT2D eigenvalue weighted by molar-refractivity contribution is -0.142. The second-order valence-corrected chi connectivity index (χ2v) is 5.37. The molecule has 0 aliphatic heterocycles. The first-order chi connectivity index (χ1) is 12.0. The van der Waals surface area contributed by atoms with E-state index >= 15 is 0 Å². The SMILES string of the molecule is COc1ccc(-c2cc(=O)[nH]c(=S)n2CCOCC(=O)O)c(OC)c1. The number of aromatic amines is 1. The zero-order valence-electron chi connectivity index (χ0n) is 13.8. The number of benzene rings is 1. The van der Waals surface area contributed by atoms with Crippen LogP contribution >= 0.6 is 12.2 Å². The highest BCUT2D eigenvalue weighted by molar-refractivity contribution is 7.71. The number of nitrogens with one attached hydrogen (secondary N) is 1. The summed E-state index contributed by atoms with van der Waals surface area (Å²) >= 11 is 5.23. The third-order valence-corrected chi connectivity index (χ3v) is 3.73. The Morgan fingerprint density at radius 1 is 1.28 bits per heavy atom. The lowest BCUT2D eigenvalue weighted by Crippen LogP contribution is -2.18. The number of hydrogen-bond donors (Lipinski definition) is 2. The highest BCUT2D eigenvalue weighted by Gasteiger charge is 2.13. The van der Waals surface area contributed by atoms with Gasteiger partial charge >= 0.3 is 5.97 Å². The Bertz CT molecular complexity index is 874. The fraction of sp³-hybridized carbons (Fsp3) is 0.312. The average Bonchev–Trinajstić information content (AvgIpc) is 2.58. The number of ether oxygens (including phenoxy) is 3. The summed E-state index contributed by atoms with van der Waals surface area (Å²) in [5.74, 6) is 0.0713. The van der Waals surface area contributed by atoms with Crippen molar-refractivity contribution in [3.8, 4) is 22.8 Å². The molecule has 0 atom stereocenters. The maximum atomic E-state index is 11.9. The van der Waals surface area contributed by atoms with Gasteiger partial charge < -0.3 is 23.9 Å². The van der Waals surface area contributed by atoms with Crippen LogP contribution in [-0.4, -0.2) is 48.1 Å². The van der Waals surface area contributed by atoms with Crippen LogP contribution in [0.2, 0.25) is 0 Å². The number of carbonyl (C=O) groups is 1. The van der Waals surface area contributed by atoms with Gasteiger partial charge in [-0.25, -0.2) is 4.79 Å². The molecular formula is C16H18N2O6S. The summed E-state index contributed by atoms with van der Waals surface area (Å²) in [6.07, 6.45) is 0. The topological polar surface area (TPSA) is 103 Å². The number of H-pyrrole nitrogens is 1. The second-order valence-electron chi connectivity index (χ2n) is 4.99. The fourth-order valence-electron chi connectivity index (χ4n) is 2.29. The van der Waals surface area contributed by atoms with Gasteiger partial charge in [0.2, 0.25) is 0 Å². The van der Waals surface area contributed by atoms with Gasteiger partial charge in [-0.3, -0.25) is 9.78 Å². The van der Waals surface area contributed by atoms with E-state index in [2.05, 4.69) is 4.98 Å². The summed E-state index contributed by atoms with van der Waals surface area (Å²) < 4.78 is 17.5. The number of methoxy groups -OCH3 is 2. The lowest BCUT2D eigenvalue weighted by Gasteiger charge is -2.16. The van der Waals surface area contributed by atoms with E-state index in [1.165, 1.54) is 13.2 Å². The quantitative estimate of drug-likeness (QED) is 0.541. The summed E-state index contributed by atoms with van der Waals surface area (Å²) in [7, 11) is 3.06. The highest BCUT2D eigenvalue weighted by Crippen LogP contribution is 2.32.